The zero-order valence-electron chi connectivity index (χ0n) is 13.6. The number of alkyl halides is 2. The molecular weight excluding hydrogens is 289 g/mol. The summed E-state index contributed by atoms with van der Waals surface area (Å²) in [5.41, 5.74) is 0.0935. The minimum atomic E-state index is -2.76. The summed E-state index contributed by atoms with van der Waals surface area (Å²) >= 11 is 0. The van der Waals surface area contributed by atoms with Gasteiger partial charge in [-0.15, -0.1) is 0 Å². The zero-order chi connectivity index (χ0) is 16.1. The molecule has 0 aromatic rings. The number of halogens is 3. The predicted molar refractivity (Wildman–Crippen MR) is 82.6 cm³/mol. The SMILES string of the molecule is CCOC1CC=C(CCC2CCC(C)CC2)C(C(F)F)=C1F. The van der Waals surface area contributed by atoms with E-state index in [1.54, 1.807) is 13.0 Å². The van der Waals surface area contributed by atoms with E-state index in [4.69, 9.17) is 4.74 Å². The Morgan fingerprint density at radius 1 is 1.23 bits per heavy atom. The maximum absolute atomic E-state index is 14.3. The smallest absolute Gasteiger partial charge is 0.266 e. The van der Waals surface area contributed by atoms with Gasteiger partial charge in [-0.1, -0.05) is 38.7 Å². The average Bonchev–Trinajstić information content (AvgIpc) is 2.49. The Morgan fingerprint density at radius 2 is 1.91 bits per heavy atom. The van der Waals surface area contributed by atoms with E-state index in [1.807, 2.05) is 0 Å². The van der Waals surface area contributed by atoms with Gasteiger partial charge in [-0.05, 0) is 43.6 Å². The van der Waals surface area contributed by atoms with Crippen LogP contribution in [0, 0.1) is 11.8 Å². The first-order valence-electron chi connectivity index (χ1n) is 8.51. The quantitative estimate of drug-likeness (QED) is 0.600. The lowest BCUT2D eigenvalue weighted by Crippen LogP contribution is -2.22. The van der Waals surface area contributed by atoms with Gasteiger partial charge in [0.25, 0.3) is 6.43 Å². The van der Waals surface area contributed by atoms with E-state index >= 15 is 0 Å². The molecule has 22 heavy (non-hydrogen) atoms. The fourth-order valence-electron chi connectivity index (χ4n) is 3.59. The van der Waals surface area contributed by atoms with Gasteiger partial charge in [0.2, 0.25) is 0 Å². The van der Waals surface area contributed by atoms with Crippen LogP contribution in [0.3, 0.4) is 0 Å². The second-order valence-electron chi connectivity index (χ2n) is 6.64. The van der Waals surface area contributed by atoms with E-state index in [9.17, 15) is 13.2 Å². The molecular formula is C18H27F3O. The summed E-state index contributed by atoms with van der Waals surface area (Å²) in [6, 6.07) is 0. The van der Waals surface area contributed by atoms with Crippen molar-refractivity contribution in [2.45, 2.75) is 71.3 Å². The molecule has 0 heterocycles. The molecule has 2 aliphatic rings. The molecule has 0 saturated heterocycles. The van der Waals surface area contributed by atoms with Crippen LogP contribution in [0.25, 0.3) is 0 Å². The molecule has 0 aliphatic heterocycles. The lowest BCUT2D eigenvalue weighted by molar-refractivity contribution is 0.0672. The van der Waals surface area contributed by atoms with Crippen molar-refractivity contribution in [2.24, 2.45) is 11.8 Å². The van der Waals surface area contributed by atoms with Crippen molar-refractivity contribution in [1.82, 2.24) is 0 Å². The largest absolute Gasteiger partial charge is 0.371 e. The molecule has 2 rings (SSSR count). The molecule has 0 spiro atoms. The van der Waals surface area contributed by atoms with Crippen LogP contribution in [-0.2, 0) is 4.74 Å². The molecule has 126 valence electrons. The molecule has 0 aromatic heterocycles. The number of allylic oxidation sites excluding steroid dienone is 2. The Kier molecular flexibility index (Phi) is 6.54. The molecule has 0 aromatic carbocycles. The van der Waals surface area contributed by atoms with E-state index < -0.39 is 23.9 Å². The van der Waals surface area contributed by atoms with Crippen molar-refractivity contribution in [3.63, 3.8) is 0 Å². The lowest BCUT2D eigenvalue weighted by atomic mass is 9.79. The predicted octanol–water partition coefficient (Wildman–Crippen LogP) is 5.82. The first-order chi connectivity index (χ1) is 10.5. The molecule has 0 radical (unpaired) electrons. The van der Waals surface area contributed by atoms with Crippen LogP contribution >= 0.6 is 0 Å². The van der Waals surface area contributed by atoms with Crippen LogP contribution in [0.5, 0.6) is 0 Å². The third kappa shape index (κ3) is 4.37. The highest BCUT2D eigenvalue weighted by molar-refractivity contribution is 5.40. The van der Waals surface area contributed by atoms with Crippen LogP contribution in [0.15, 0.2) is 23.0 Å². The second-order valence-corrected chi connectivity index (χ2v) is 6.64. The van der Waals surface area contributed by atoms with Crippen molar-refractivity contribution in [1.29, 1.82) is 0 Å². The Bertz CT molecular complexity index is 420. The summed E-state index contributed by atoms with van der Waals surface area (Å²) in [7, 11) is 0. The Balaban J connectivity index is 1.97. The first kappa shape index (κ1) is 17.6. The third-order valence-corrected chi connectivity index (χ3v) is 5.01. The first-order valence-corrected chi connectivity index (χ1v) is 8.51. The van der Waals surface area contributed by atoms with Gasteiger partial charge in [0.1, 0.15) is 11.9 Å². The standard InChI is InChI=1S/C18H27F3O/c1-3-22-15-11-10-14(16(17(15)19)18(20)21)9-8-13-6-4-12(2)5-7-13/h10,12-13,15,18H,3-9,11H2,1-2H3. The minimum Gasteiger partial charge on any atom is -0.371 e. The number of rotatable bonds is 6. The van der Waals surface area contributed by atoms with E-state index in [2.05, 4.69) is 6.92 Å². The normalized spacial score (nSPS) is 29.9. The third-order valence-electron chi connectivity index (χ3n) is 5.01. The number of ether oxygens (including phenoxy) is 1. The Morgan fingerprint density at radius 3 is 2.50 bits per heavy atom. The molecule has 1 unspecified atom stereocenters. The summed E-state index contributed by atoms with van der Waals surface area (Å²) in [5.74, 6) is 0.626. The molecule has 1 nitrogen and oxygen atoms in total. The number of hydrogen-bond donors (Lipinski definition) is 0. The van der Waals surface area contributed by atoms with E-state index in [1.165, 1.54) is 25.7 Å². The average molecular weight is 316 g/mol. The monoisotopic (exact) mass is 316 g/mol. The molecule has 0 amide bonds. The van der Waals surface area contributed by atoms with Crippen molar-refractivity contribution < 1.29 is 17.9 Å². The highest BCUT2D eigenvalue weighted by Crippen LogP contribution is 2.37. The van der Waals surface area contributed by atoms with Crippen LogP contribution < -0.4 is 0 Å². The highest BCUT2D eigenvalue weighted by Gasteiger charge is 2.31. The minimum absolute atomic E-state index is 0.331. The van der Waals surface area contributed by atoms with Crippen molar-refractivity contribution in [3.8, 4) is 0 Å². The molecule has 2 aliphatic carbocycles. The maximum Gasteiger partial charge on any atom is 0.266 e. The summed E-state index contributed by atoms with van der Waals surface area (Å²) in [6.45, 7) is 4.34. The van der Waals surface area contributed by atoms with Crippen molar-refractivity contribution in [3.05, 3.63) is 23.0 Å². The highest BCUT2D eigenvalue weighted by atomic mass is 19.3. The van der Waals surface area contributed by atoms with E-state index in [0.717, 1.165) is 12.3 Å². The van der Waals surface area contributed by atoms with Gasteiger partial charge in [-0.2, -0.15) is 0 Å². The van der Waals surface area contributed by atoms with Gasteiger partial charge in [0.05, 0.1) is 5.57 Å². The van der Waals surface area contributed by atoms with E-state index in [-0.39, 0.29) is 0 Å². The molecule has 4 heteroatoms. The maximum atomic E-state index is 14.3. The zero-order valence-corrected chi connectivity index (χ0v) is 13.6. The molecule has 1 fully saturated rings. The van der Waals surface area contributed by atoms with Gasteiger partial charge in [0, 0.05) is 6.61 Å². The second kappa shape index (κ2) is 8.19. The van der Waals surface area contributed by atoms with Gasteiger partial charge in [-0.25, -0.2) is 13.2 Å². The van der Waals surface area contributed by atoms with Crippen LogP contribution in [0.1, 0.15) is 58.8 Å². The Hall–Kier alpha value is -0.770. The molecule has 1 saturated carbocycles. The summed E-state index contributed by atoms with van der Waals surface area (Å²) in [6.07, 6.45) is 4.78. The Labute approximate surface area is 131 Å². The fourth-order valence-corrected chi connectivity index (χ4v) is 3.59. The van der Waals surface area contributed by atoms with Gasteiger partial charge < -0.3 is 4.74 Å². The van der Waals surface area contributed by atoms with Gasteiger partial charge >= 0.3 is 0 Å². The van der Waals surface area contributed by atoms with Crippen molar-refractivity contribution >= 4 is 0 Å². The topological polar surface area (TPSA) is 9.23 Å². The van der Waals surface area contributed by atoms with E-state index in [0.29, 0.717) is 30.9 Å². The fraction of sp³-hybridized carbons (Fsp3) is 0.778. The van der Waals surface area contributed by atoms with Crippen LogP contribution in [-0.4, -0.2) is 19.1 Å². The van der Waals surface area contributed by atoms with Gasteiger partial charge in [0.15, 0.2) is 0 Å². The molecule has 0 bridgehead atoms. The van der Waals surface area contributed by atoms with Crippen molar-refractivity contribution in [2.75, 3.05) is 6.61 Å². The summed E-state index contributed by atoms with van der Waals surface area (Å²) in [4.78, 5) is 0. The number of hydrogen-bond acceptors (Lipinski definition) is 1. The summed E-state index contributed by atoms with van der Waals surface area (Å²) < 4.78 is 46.0. The lowest BCUT2D eigenvalue weighted by Gasteiger charge is -2.28. The molecule has 0 N–H and O–H groups in total. The molecule has 1 atom stereocenters. The summed E-state index contributed by atoms with van der Waals surface area (Å²) in [5, 5.41) is 0. The van der Waals surface area contributed by atoms with Crippen LogP contribution in [0.4, 0.5) is 13.2 Å². The van der Waals surface area contributed by atoms with Gasteiger partial charge in [-0.3, -0.25) is 0 Å². The van der Waals surface area contributed by atoms with Crippen LogP contribution in [0.2, 0.25) is 0 Å².